The van der Waals surface area contributed by atoms with E-state index in [4.69, 9.17) is 16.7 Å². The maximum Gasteiger partial charge on any atom is 0.364 e. The number of hydrogen-bond acceptors (Lipinski definition) is 1. The Labute approximate surface area is 79.3 Å². The largest absolute Gasteiger partial charge is 0.476 e. The maximum atomic E-state index is 12.5. The molecule has 0 aliphatic carbocycles. The van der Waals surface area contributed by atoms with Crippen LogP contribution in [0.3, 0.4) is 0 Å². The molecule has 0 aromatic heterocycles. The van der Waals surface area contributed by atoms with Gasteiger partial charge < -0.3 is 5.11 Å². The first kappa shape index (κ1) is 9.74. The third-order valence-corrected chi connectivity index (χ3v) is 1.62. The zero-order valence-corrected chi connectivity index (χ0v) is 7.25. The van der Waals surface area contributed by atoms with Crippen LogP contribution in [0.1, 0.15) is 5.56 Å². The molecular weight excluding hydrogens is 195 g/mol. The Hall–Kier alpha value is -1.35. The van der Waals surface area contributed by atoms with E-state index >= 15 is 0 Å². The van der Waals surface area contributed by atoms with Crippen LogP contribution in [0.25, 0.3) is 6.08 Å². The Morgan fingerprint density at radius 2 is 1.92 bits per heavy atom. The van der Waals surface area contributed by atoms with Gasteiger partial charge >= 0.3 is 5.97 Å². The van der Waals surface area contributed by atoms with Crippen molar-refractivity contribution in [2.75, 3.05) is 0 Å². The van der Waals surface area contributed by atoms with E-state index in [0.29, 0.717) is 10.6 Å². The summed E-state index contributed by atoms with van der Waals surface area (Å²) in [4.78, 5) is 10.1. The Bertz CT molecular complexity index is 343. The summed E-state index contributed by atoms with van der Waals surface area (Å²) in [5, 5.41) is 8.75. The van der Waals surface area contributed by atoms with Crippen LogP contribution in [0.5, 0.6) is 0 Å². The highest BCUT2D eigenvalue weighted by Crippen LogP contribution is 2.12. The average molecular weight is 201 g/mol. The molecule has 2 nitrogen and oxygen atoms in total. The lowest BCUT2D eigenvalue weighted by Crippen LogP contribution is -1.93. The molecule has 0 radical (unpaired) electrons. The summed E-state index contributed by atoms with van der Waals surface area (Å²) in [5.41, 5.74) is 0.462. The number of halogens is 2. The first-order chi connectivity index (χ1) is 6.09. The first-order valence-corrected chi connectivity index (χ1v) is 3.83. The minimum atomic E-state index is -1.57. The van der Waals surface area contributed by atoms with Gasteiger partial charge in [-0.1, -0.05) is 23.7 Å². The maximum absolute atomic E-state index is 12.5. The van der Waals surface area contributed by atoms with Crippen molar-refractivity contribution in [3.05, 3.63) is 40.7 Å². The lowest BCUT2D eigenvalue weighted by atomic mass is 10.2. The van der Waals surface area contributed by atoms with Gasteiger partial charge in [0.1, 0.15) is 0 Å². The molecule has 0 aliphatic rings. The molecule has 0 fully saturated rings. The predicted octanol–water partition coefficient (Wildman–Crippen LogP) is 2.74. The minimum absolute atomic E-state index is 0.462. The molecular formula is C9H6ClFO2. The fraction of sp³-hybridized carbons (Fsp3) is 0. The molecule has 4 heteroatoms. The summed E-state index contributed by atoms with van der Waals surface area (Å²) in [7, 11) is 0. The van der Waals surface area contributed by atoms with Crippen molar-refractivity contribution in [3.8, 4) is 0 Å². The van der Waals surface area contributed by atoms with Gasteiger partial charge in [0.2, 0.25) is 5.83 Å². The van der Waals surface area contributed by atoms with Gasteiger partial charge in [-0.2, -0.15) is 4.39 Å². The predicted molar refractivity (Wildman–Crippen MR) is 48.2 cm³/mol. The molecule has 0 aliphatic heterocycles. The Balaban J connectivity index is 2.92. The molecule has 1 rings (SSSR count). The van der Waals surface area contributed by atoms with Crippen LogP contribution in [0, 0.1) is 0 Å². The highest BCUT2D eigenvalue weighted by Gasteiger charge is 2.04. The minimum Gasteiger partial charge on any atom is -0.476 e. The zero-order valence-electron chi connectivity index (χ0n) is 6.50. The van der Waals surface area contributed by atoms with Gasteiger partial charge in [0.05, 0.1) is 0 Å². The zero-order chi connectivity index (χ0) is 9.84. The molecule has 1 aromatic carbocycles. The Morgan fingerprint density at radius 3 is 2.38 bits per heavy atom. The van der Waals surface area contributed by atoms with Crippen LogP contribution in [0.2, 0.25) is 5.02 Å². The van der Waals surface area contributed by atoms with E-state index in [9.17, 15) is 9.18 Å². The molecule has 0 atom stereocenters. The van der Waals surface area contributed by atoms with Gasteiger partial charge in [0, 0.05) is 5.02 Å². The fourth-order valence-electron chi connectivity index (χ4n) is 0.767. The summed E-state index contributed by atoms with van der Waals surface area (Å²) >= 11 is 5.58. The monoisotopic (exact) mass is 200 g/mol. The van der Waals surface area contributed by atoms with Crippen molar-refractivity contribution in [1.29, 1.82) is 0 Å². The number of carbonyl (C=O) groups is 1. The fourth-order valence-corrected chi connectivity index (χ4v) is 0.893. The highest BCUT2D eigenvalue weighted by atomic mass is 35.5. The Kier molecular flexibility index (Phi) is 3.03. The standard InChI is InChI=1S/C9H6ClFO2/c10-7-3-1-6(2-4-7)5-8(11)9(12)13/h1-5H,(H,12,13)/b8-5+. The van der Waals surface area contributed by atoms with E-state index in [1.807, 2.05) is 0 Å². The summed E-state index contributed by atoms with van der Waals surface area (Å²) < 4.78 is 12.5. The number of benzene rings is 1. The molecule has 68 valence electrons. The average Bonchev–Trinajstić information content (AvgIpc) is 2.08. The topological polar surface area (TPSA) is 37.3 Å². The third kappa shape index (κ3) is 2.87. The van der Waals surface area contributed by atoms with Crippen LogP contribution >= 0.6 is 11.6 Å². The molecule has 0 saturated heterocycles. The van der Waals surface area contributed by atoms with Gasteiger partial charge in [-0.3, -0.25) is 0 Å². The summed E-state index contributed by atoms with van der Waals surface area (Å²) in [6.07, 6.45) is 0.929. The molecule has 0 spiro atoms. The van der Waals surface area contributed by atoms with Crippen LogP contribution < -0.4 is 0 Å². The number of rotatable bonds is 2. The van der Waals surface area contributed by atoms with Gasteiger partial charge in [0.25, 0.3) is 0 Å². The van der Waals surface area contributed by atoms with Crippen LogP contribution in [0.15, 0.2) is 30.1 Å². The molecule has 1 aromatic rings. The molecule has 0 unspecified atom stereocenters. The molecule has 0 amide bonds. The van der Waals surface area contributed by atoms with Crippen LogP contribution in [0.4, 0.5) is 4.39 Å². The summed E-state index contributed by atoms with van der Waals surface area (Å²) in [5.74, 6) is -2.77. The number of carboxylic acids is 1. The quantitative estimate of drug-likeness (QED) is 0.746. The third-order valence-electron chi connectivity index (χ3n) is 1.37. The SMILES string of the molecule is O=C(O)/C(F)=C\c1ccc(Cl)cc1. The normalized spacial score (nSPS) is 11.4. The molecule has 0 saturated carbocycles. The van der Waals surface area contributed by atoms with Crippen molar-refractivity contribution in [2.45, 2.75) is 0 Å². The van der Waals surface area contributed by atoms with Crippen LogP contribution in [-0.4, -0.2) is 11.1 Å². The van der Waals surface area contributed by atoms with E-state index in [2.05, 4.69) is 0 Å². The second-order valence-electron chi connectivity index (χ2n) is 2.35. The van der Waals surface area contributed by atoms with E-state index in [0.717, 1.165) is 6.08 Å². The Morgan fingerprint density at radius 1 is 1.38 bits per heavy atom. The molecule has 0 heterocycles. The van der Waals surface area contributed by atoms with E-state index < -0.39 is 11.8 Å². The highest BCUT2D eigenvalue weighted by molar-refractivity contribution is 6.30. The van der Waals surface area contributed by atoms with Crippen molar-refractivity contribution in [1.82, 2.24) is 0 Å². The number of carboxylic acid groups (broad SMARTS) is 1. The number of hydrogen-bond donors (Lipinski definition) is 1. The van der Waals surface area contributed by atoms with Gasteiger partial charge in [-0.25, -0.2) is 4.79 Å². The van der Waals surface area contributed by atoms with Gasteiger partial charge in [0.15, 0.2) is 0 Å². The second kappa shape index (κ2) is 4.05. The van der Waals surface area contributed by atoms with Crippen LogP contribution in [-0.2, 0) is 4.79 Å². The van der Waals surface area contributed by atoms with E-state index in [1.165, 1.54) is 12.1 Å². The van der Waals surface area contributed by atoms with E-state index in [-0.39, 0.29) is 0 Å². The van der Waals surface area contributed by atoms with Crippen molar-refractivity contribution in [2.24, 2.45) is 0 Å². The van der Waals surface area contributed by atoms with E-state index in [1.54, 1.807) is 12.1 Å². The lowest BCUT2D eigenvalue weighted by Gasteiger charge is -1.93. The van der Waals surface area contributed by atoms with Crippen molar-refractivity contribution < 1.29 is 14.3 Å². The first-order valence-electron chi connectivity index (χ1n) is 3.45. The molecule has 0 bridgehead atoms. The number of aliphatic carboxylic acids is 1. The molecule has 13 heavy (non-hydrogen) atoms. The smallest absolute Gasteiger partial charge is 0.364 e. The second-order valence-corrected chi connectivity index (χ2v) is 2.79. The lowest BCUT2D eigenvalue weighted by molar-refractivity contribution is -0.134. The molecule has 1 N–H and O–H groups in total. The van der Waals surface area contributed by atoms with Crippen molar-refractivity contribution >= 4 is 23.6 Å². The van der Waals surface area contributed by atoms with Gasteiger partial charge in [-0.05, 0) is 23.8 Å². The van der Waals surface area contributed by atoms with Crippen molar-refractivity contribution in [3.63, 3.8) is 0 Å². The summed E-state index contributed by atoms with van der Waals surface area (Å²) in [6.45, 7) is 0. The van der Waals surface area contributed by atoms with Gasteiger partial charge in [-0.15, -0.1) is 0 Å². The summed E-state index contributed by atoms with van der Waals surface area (Å²) in [6, 6.07) is 6.18.